The molecule has 21 heavy (non-hydrogen) atoms. The summed E-state index contributed by atoms with van der Waals surface area (Å²) in [5, 5.41) is 18.3. The Kier molecular flexibility index (Phi) is 4.58. The smallest absolute Gasteiger partial charge is 0.142 e. The molecule has 112 valence electrons. The second-order valence-corrected chi connectivity index (χ2v) is 6.34. The summed E-state index contributed by atoms with van der Waals surface area (Å²) < 4.78 is 0. The van der Waals surface area contributed by atoms with Crippen LogP contribution in [0.3, 0.4) is 0 Å². The molecule has 1 aromatic carbocycles. The van der Waals surface area contributed by atoms with Crippen LogP contribution in [0.5, 0.6) is 0 Å². The van der Waals surface area contributed by atoms with Crippen molar-refractivity contribution < 1.29 is 5.11 Å². The number of aliphatic hydroxyl groups is 1. The second-order valence-electron chi connectivity index (χ2n) is 5.55. The van der Waals surface area contributed by atoms with Crippen molar-refractivity contribution in [2.45, 2.75) is 37.6 Å². The minimum atomic E-state index is -0.502. The summed E-state index contributed by atoms with van der Waals surface area (Å²) in [4.78, 5) is 2.18. The number of rotatable bonds is 3. The molecule has 2 aromatic rings. The topological polar surface area (TPSA) is 35.5 Å². The van der Waals surface area contributed by atoms with Gasteiger partial charge in [0.05, 0.1) is 17.8 Å². The summed E-state index contributed by atoms with van der Waals surface area (Å²) in [7, 11) is 1.93. The molecule has 1 aliphatic heterocycles. The molecule has 4 heteroatoms. The van der Waals surface area contributed by atoms with Gasteiger partial charge in [-0.25, -0.2) is 0 Å². The Bertz CT molecular complexity index is 543. The van der Waals surface area contributed by atoms with Crippen molar-refractivity contribution >= 4 is 17.0 Å². The van der Waals surface area contributed by atoms with Gasteiger partial charge in [0.2, 0.25) is 0 Å². The van der Waals surface area contributed by atoms with Crippen molar-refractivity contribution in [1.29, 1.82) is 0 Å². The fourth-order valence-corrected chi connectivity index (χ4v) is 3.87. The van der Waals surface area contributed by atoms with Crippen LogP contribution in [-0.4, -0.2) is 24.4 Å². The van der Waals surface area contributed by atoms with Gasteiger partial charge in [0.25, 0.3) is 0 Å². The third-order valence-electron chi connectivity index (χ3n) is 4.33. The highest BCUT2D eigenvalue weighted by Gasteiger charge is 2.34. The molecular weight excluding hydrogens is 280 g/mol. The number of likely N-dealkylation sites (N-methyl/N-ethyl adjacent to an activating group) is 1. The number of aliphatic hydroxyl groups excluding tert-OH is 1. The normalized spacial score (nSPS) is 26.6. The number of anilines is 1. The van der Waals surface area contributed by atoms with Gasteiger partial charge in [-0.05, 0) is 43.3 Å². The zero-order valence-electron chi connectivity index (χ0n) is 12.3. The maximum Gasteiger partial charge on any atom is 0.142 e. The Hall–Kier alpha value is -1.36. The molecule has 3 nitrogen and oxygen atoms in total. The molecule has 0 amide bonds. The zero-order valence-corrected chi connectivity index (χ0v) is 13.1. The lowest BCUT2D eigenvalue weighted by Gasteiger charge is -2.37. The van der Waals surface area contributed by atoms with E-state index in [4.69, 9.17) is 0 Å². The van der Waals surface area contributed by atoms with Crippen LogP contribution in [-0.2, 0) is 0 Å². The quantitative estimate of drug-likeness (QED) is 0.912. The number of thiophene rings is 1. The van der Waals surface area contributed by atoms with E-state index in [9.17, 15) is 5.11 Å². The maximum absolute atomic E-state index is 10.9. The lowest BCUT2D eigenvalue weighted by Crippen LogP contribution is -2.49. The number of hydrogen-bond acceptors (Lipinski definition) is 4. The lowest BCUT2D eigenvalue weighted by molar-refractivity contribution is 0.122. The van der Waals surface area contributed by atoms with Gasteiger partial charge in [0.15, 0.2) is 0 Å². The molecule has 1 saturated heterocycles. The molecule has 3 rings (SSSR count). The van der Waals surface area contributed by atoms with Gasteiger partial charge in [-0.3, -0.25) is 0 Å². The predicted octanol–water partition coefficient (Wildman–Crippen LogP) is 3.39. The van der Waals surface area contributed by atoms with Crippen LogP contribution in [0.1, 0.15) is 30.9 Å². The Morgan fingerprint density at radius 1 is 1.19 bits per heavy atom. The van der Waals surface area contributed by atoms with Gasteiger partial charge in [-0.1, -0.05) is 30.3 Å². The number of nitrogens with one attached hydrogen (secondary N) is 1. The van der Waals surface area contributed by atoms with Gasteiger partial charge < -0.3 is 15.3 Å². The summed E-state index contributed by atoms with van der Waals surface area (Å²) >= 11 is 1.67. The number of nitrogens with zero attached hydrogens (tertiary/aromatic N) is 1. The van der Waals surface area contributed by atoms with Gasteiger partial charge in [0.1, 0.15) is 6.23 Å². The number of hydrogen-bond donors (Lipinski definition) is 2. The zero-order chi connectivity index (χ0) is 14.7. The van der Waals surface area contributed by atoms with E-state index >= 15 is 0 Å². The van der Waals surface area contributed by atoms with Crippen LogP contribution >= 0.6 is 11.3 Å². The summed E-state index contributed by atoms with van der Waals surface area (Å²) in [6, 6.07) is 13.0. The summed E-state index contributed by atoms with van der Waals surface area (Å²) in [6.07, 6.45) is 2.68. The molecule has 0 saturated carbocycles. The first-order chi connectivity index (χ1) is 10.3. The largest absolute Gasteiger partial charge is 0.372 e. The molecular formula is C17H22N2OS. The van der Waals surface area contributed by atoms with E-state index in [-0.39, 0.29) is 12.1 Å². The Morgan fingerprint density at radius 2 is 2.00 bits per heavy atom. The highest BCUT2D eigenvalue weighted by Crippen LogP contribution is 2.37. The van der Waals surface area contributed by atoms with Crippen molar-refractivity contribution in [3.63, 3.8) is 0 Å². The average molecular weight is 302 g/mol. The highest BCUT2D eigenvalue weighted by molar-refractivity contribution is 7.08. The molecule has 0 radical (unpaired) electrons. The van der Waals surface area contributed by atoms with Crippen molar-refractivity contribution in [3.05, 3.63) is 52.7 Å². The monoisotopic (exact) mass is 302 g/mol. The number of benzene rings is 1. The van der Waals surface area contributed by atoms with Gasteiger partial charge in [0, 0.05) is 5.38 Å². The summed E-state index contributed by atoms with van der Waals surface area (Å²) in [6.45, 7) is 0. The van der Waals surface area contributed by atoms with E-state index in [0.717, 1.165) is 24.9 Å². The lowest BCUT2D eigenvalue weighted by atomic mass is 10.0. The molecule has 2 heterocycles. The molecule has 0 spiro atoms. The van der Waals surface area contributed by atoms with Crippen LogP contribution < -0.4 is 10.2 Å². The molecule has 3 unspecified atom stereocenters. The SMILES string of the molecule is CNC1CCCC(c2ccccc2)N(c2ccsc2)C1O. The first-order valence-corrected chi connectivity index (χ1v) is 8.46. The summed E-state index contributed by atoms with van der Waals surface area (Å²) in [5.41, 5.74) is 2.39. The average Bonchev–Trinajstić information content (AvgIpc) is 2.99. The molecule has 1 aromatic heterocycles. The van der Waals surface area contributed by atoms with E-state index in [1.54, 1.807) is 11.3 Å². The Labute approximate surface area is 130 Å². The van der Waals surface area contributed by atoms with Crippen molar-refractivity contribution in [2.75, 3.05) is 11.9 Å². The molecule has 2 N–H and O–H groups in total. The Morgan fingerprint density at radius 3 is 2.67 bits per heavy atom. The summed E-state index contributed by atoms with van der Waals surface area (Å²) in [5.74, 6) is 0. The second kappa shape index (κ2) is 6.60. The van der Waals surface area contributed by atoms with E-state index < -0.39 is 6.23 Å². The van der Waals surface area contributed by atoms with Crippen molar-refractivity contribution in [2.24, 2.45) is 0 Å². The maximum atomic E-state index is 10.9. The fourth-order valence-electron chi connectivity index (χ4n) is 3.23. The third-order valence-corrected chi connectivity index (χ3v) is 5.00. The first kappa shape index (κ1) is 14.6. The fraction of sp³-hybridized carbons (Fsp3) is 0.412. The van der Waals surface area contributed by atoms with Crippen LogP contribution in [0, 0.1) is 0 Å². The predicted molar refractivity (Wildman–Crippen MR) is 88.7 cm³/mol. The van der Waals surface area contributed by atoms with E-state index in [2.05, 4.69) is 51.3 Å². The first-order valence-electron chi connectivity index (χ1n) is 7.52. The van der Waals surface area contributed by atoms with Gasteiger partial charge >= 0.3 is 0 Å². The van der Waals surface area contributed by atoms with Gasteiger partial charge in [-0.15, -0.1) is 0 Å². The molecule has 0 bridgehead atoms. The van der Waals surface area contributed by atoms with Crippen LogP contribution in [0.15, 0.2) is 47.2 Å². The molecule has 0 aliphatic carbocycles. The van der Waals surface area contributed by atoms with Gasteiger partial charge in [-0.2, -0.15) is 11.3 Å². The van der Waals surface area contributed by atoms with Crippen molar-refractivity contribution in [1.82, 2.24) is 5.32 Å². The van der Waals surface area contributed by atoms with Crippen LogP contribution in [0.2, 0.25) is 0 Å². The van der Waals surface area contributed by atoms with E-state index in [1.165, 1.54) is 5.56 Å². The van der Waals surface area contributed by atoms with E-state index in [0.29, 0.717) is 0 Å². The van der Waals surface area contributed by atoms with Crippen LogP contribution in [0.4, 0.5) is 5.69 Å². The highest BCUT2D eigenvalue weighted by atomic mass is 32.1. The molecule has 3 atom stereocenters. The third kappa shape index (κ3) is 2.98. The molecule has 1 aliphatic rings. The Balaban J connectivity index is 2.00. The van der Waals surface area contributed by atoms with E-state index in [1.807, 2.05) is 13.1 Å². The van der Waals surface area contributed by atoms with Crippen LogP contribution in [0.25, 0.3) is 0 Å². The molecule has 1 fully saturated rings. The standard InChI is InChI=1S/C17H22N2OS/c1-18-15-8-5-9-16(13-6-3-2-4-7-13)19(17(15)20)14-10-11-21-12-14/h2-4,6-7,10-12,15-18,20H,5,8-9H2,1H3. The minimum absolute atomic E-state index is 0.110. The van der Waals surface area contributed by atoms with Crippen molar-refractivity contribution in [3.8, 4) is 0 Å². The minimum Gasteiger partial charge on any atom is -0.372 e.